The Kier molecular flexibility index (Phi) is 6.18. The van der Waals surface area contributed by atoms with Gasteiger partial charge in [-0.25, -0.2) is 4.99 Å². The van der Waals surface area contributed by atoms with Crippen molar-refractivity contribution in [1.82, 2.24) is 0 Å². The highest BCUT2D eigenvalue weighted by Crippen LogP contribution is 2.23. The topological polar surface area (TPSA) is 64.7 Å². The van der Waals surface area contributed by atoms with Gasteiger partial charge in [0.25, 0.3) is 0 Å². The van der Waals surface area contributed by atoms with Gasteiger partial charge in [-0.1, -0.05) is 42.5 Å². The average molecular weight is 331 g/mol. The van der Waals surface area contributed by atoms with Gasteiger partial charge < -0.3 is 10.5 Å². The van der Waals surface area contributed by atoms with Crippen molar-refractivity contribution in [1.29, 1.82) is 0 Å². The molecule has 0 aromatic heterocycles. The van der Waals surface area contributed by atoms with Crippen LogP contribution in [0.15, 0.2) is 59.6 Å². The molecule has 0 radical (unpaired) electrons. The van der Waals surface area contributed by atoms with Gasteiger partial charge in [0, 0.05) is 0 Å². The van der Waals surface area contributed by atoms with Gasteiger partial charge in [0.2, 0.25) is 0 Å². The summed E-state index contributed by atoms with van der Waals surface area (Å²) >= 11 is 5.61. The minimum atomic E-state index is -0.330. The molecule has 5 heteroatoms. The van der Waals surface area contributed by atoms with Crippen LogP contribution in [0.2, 0.25) is 0 Å². The summed E-state index contributed by atoms with van der Waals surface area (Å²) in [4.78, 5) is 16.3. The molecule has 0 spiro atoms. The Morgan fingerprint density at radius 2 is 1.83 bits per heavy atom. The number of hydrogen-bond donors (Lipinski definition) is 1. The van der Waals surface area contributed by atoms with E-state index >= 15 is 0 Å². The Bertz CT molecular complexity index is 669. The second-order valence-corrected chi connectivity index (χ2v) is 5.36. The maximum Gasteiger partial charge on any atom is 0.313 e. The number of benzene rings is 2. The third-order valence-electron chi connectivity index (χ3n) is 3.47. The van der Waals surface area contributed by atoms with Crippen LogP contribution in [0.3, 0.4) is 0 Å². The number of aliphatic imine (C=N–C) groups is 1. The Hall–Kier alpha value is -2.33. The van der Waals surface area contributed by atoms with Gasteiger partial charge in [-0.3, -0.25) is 4.79 Å². The lowest BCUT2D eigenvalue weighted by atomic mass is 9.92. The van der Waals surface area contributed by atoms with E-state index in [-0.39, 0.29) is 17.8 Å². The number of nitrogens with zero attached hydrogens (tertiary/aromatic N) is 1. The zero-order valence-electron chi connectivity index (χ0n) is 12.9. The highest BCUT2D eigenvalue weighted by atomic mass is 35.5. The monoisotopic (exact) mass is 330 g/mol. The molecule has 0 heterocycles. The first-order valence-electron chi connectivity index (χ1n) is 7.24. The number of nitrogens with two attached hydrogens (primary N) is 1. The van der Waals surface area contributed by atoms with Gasteiger partial charge in [0.05, 0.1) is 24.6 Å². The number of carbonyl (C=O) groups excluding carboxylic acids is 1. The molecule has 120 valence electrons. The number of alkyl halides is 1. The molecule has 0 saturated carbocycles. The quantitative estimate of drug-likeness (QED) is 0.382. The minimum Gasteiger partial charge on any atom is -0.469 e. The standard InChI is InChI=1S/C18H19ClN2O2/c1-23-18(22)16(14-5-3-2-4-6-14)11-13-7-9-15(10-8-13)21-17(20)12-19/h2-10,16H,11-12H2,1H3,(H2,20,21). The lowest BCUT2D eigenvalue weighted by Gasteiger charge is -2.15. The van der Waals surface area contributed by atoms with Gasteiger partial charge in [0.1, 0.15) is 5.84 Å². The number of ether oxygens (including phenoxy) is 1. The summed E-state index contributed by atoms with van der Waals surface area (Å²) in [5, 5.41) is 0. The van der Waals surface area contributed by atoms with E-state index in [9.17, 15) is 4.79 Å². The molecule has 0 fully saturated rings. The van der Waals surface area contributed by atoms with Crippen LogP contribution in [-0.2, 0) is 16.0 Å². The van der Waals surface area contributed by atoms with Gasteiger partial charge in [-0.15, -0.1) is 11.6 Å². The summed E-state index contributed by atoms with van der Waals surface area (Å²) in [6.45, 7) is 0. The zero-order chi connectivity index (χ0) is 16.7. The van der Waals surface area contributed by atoms with E-state index in [4.69, 9.17) is 22.1 Å². The predicted octanol–water partition coefficient (Wildman–Crippen LogP) is 3.41. The fourth-order valence-electron chi connectivity index (χ4n) is 2.30. The Labute approximate surface area is 140 Å². The SMILES string of the molecule is COC(=O)C(Cc1ccc(N=C(N)CCl)cc1)c1ccccc1. The van der Waals surface area contributed by atoms with Crippen molar-refractivity contribution in [3.05, 3.63) is 65.7 Å². The van der Waals surface area contributed by atoms with Crippen molar-refractivity contribution in [3.8, 4) is 0 Å². The van der Waals surface area contributed by atoms with Crippen LogP contribution in [0.5, 0.6) is 0 Å². The zero-order valence-corrected chi connectivity index (χ0v) is 13.7. The molecule has 0 aliphatic heterocycles. The van der Waals surface area contributed by atoms with Crippen LogP contribution in [-0.4, -0.2) is 24.8 Å². The van der Waals surface area contributed by atoms with E-state index in [0.717, 1.165) is 16.8 Å². The molecular weight excluding hydrogens is 312 g/mol. The number of methoxy groups -OCH3 is 1. The summed E-state index contributed by atoms with van der Waals surface area (Å²) in [5.41, 5.74) is 8.31. The number of amidine groups is 1. The van der Waals surface area contributed by atoms with E-state index in [1.165, 1.54) is 7.11 Å². The third-order valence-corrected chi connectivity index (χ3v) is 3.75. The summed E-state index contributed by atoms with van der Waals surface area (Å²) in [6, 6.07) is 17.2. The molecule has 2 N–H and O–H groups in total. The average Bonchev–Trinajstić information content (AvgIpc) is 2.61. The lowest BCUT2D eigenvalue weighted by Crippen LogP contribution is -2.16. The first-order valence-corrected chi connectivity index (χ1v) is 7.78. The summed E-state index contributed by atoms with van der Waals surface area (Å²) in [7, 11) is 1.41. The Balaban J connectivity index is 2.19. The number of rotatable bonds is 6. The van der Waals surface area contributed by atoms with Crippen LogP contribution in [0, 0.1) is 0 Å². The third kappa shape index (κ3) is 4.83. The van der Waals surface area contributed by atoms with Crippen LogP contribution in [0.1, 0.15) is 17.0 Å². The van der Waals surface area contributed by atoms with Gasteiger partial charge >= 0.3 is 5.97 Å². The van der Waals surface area contributed by atoms with Gasteiger partial charge in [-0.05, 0) is 29.7 Å². The molecule has 0 aliphatic carbocycles. The lowest BCUT2D eigenvalue weighted by molar-refractivity contribution is -0.142. The van der Waals surface area contributed by atoms with Crippen molar-refractivity contribution in [2.45, 2.75) is 12.3 Å². The van der Waals surface area contributed by atoms with E-state index < -0.39 is 0 Å². The molecule has 0 aliphatic rings. The van der Waals surface area contributed by atoms with E-state index in [1.807, 2.05) is 54.6 Å². The Morgan fingerprint density at radius 3 is 2.39 bits per heavy atom. The van der Waals surface area contributed by atoms with Crippen molar-refractivity contribution in [3.63, 3.8) is 0 Å². The molecule has 2 aromatic carbocycles. The van der Waals surface area contributed by atoms with E-state index in [2.05, 4.69) is 4.99 Å². The predicted molar refractivity (Wildman–Crippen MR) is 93.3 cm³/mol. The maximum absolute atomic E-state index is 12.1. The first-order chi connectivity index (χ1) is 11.1. The summed E-state index contributed by atoms with van der Waals surface area (Å²) < 4.78 is 4.94. The number of esters is 1. The normalized spacial score (nSPS) is 12.7. The molecule has 0 saturated heterocycles. The van der Waals surface area contributed by atoms with Crippen molar-refractivity contribution in [2.75, 3.05) is 13.0 Å². The summed E-state index contributed by atoms with van der Waals surface area (Å²) in [6.07, 6.45) is 0.561. The van der Waals surface area contributed by atoms with Gasteiger partial charge in [0.15, 0.2) is 0 Å². The van der Waals surface area contributed by atoms with Crippen LogP contribution < -0.4 is 5.73 Å². The molecule has 4 nitrogen and oxygen atoms in total. The molecular formula is C18H19ClN2O2. The van der Waals surface area contributed by atoms with Crippen LogP contribution >= 0.6 is 11.6 Å². The van der Waals surface area contributed by atoms with Crippen LogP contribution in [0.25, 0.3) is 0 Å². The highest BCUT2D eigenvalue weighted by molar-refractivity contribution is 6.28. The van der Waals surface area contributed by atoms with Gasteiger partial charge in [-0.2, -0.15) is 0 Å². The molecule has 2 aromatic rings. The fourth-order valence-corrected chi connectivity index (χ4v) is 2.36. The van der Waals surface area contributed by atoms with Crippen molar-refractivity contribution < 1.29 is 9.53 Å². The maximum atomic E-state index is 12.1. The second-order valence-electron chi connectivity index (χ2n) is 5.09. The molecule has 1 unspecified atom stereocenters. The molecule has 0 bridgehead atoms. The molecule has 1 atom stereocenters. The number of halogens is 1. The number of hydrogen-bond acceptors (Lipinski definition) is 3. The Morgan fingerprint density at radius 1 is 1.17 bits per heavy atom. The summed E-state index contributed by atoms with van der Waals surface area (Å²) in [5.74, 6) is -0.00975. The van der Waals surface area contributed by atoms with Crippen molar-refractivity contribution >= 4 is 29.1 Å². The van der Waals surface area contributed by atoms with E-state index in [1.54, 1.807) is 0 Å². The van der Waals surface area contributed by atoms with Crippen molar-refractivity contribution in [2.24, 2.45) is 10.7 Å². The first kappa shape index (κ1) is 17.0. The minimum absolute atomic E-state index is 0.195. The second kappa shape index (κ2) is 8.34. The molecule has 2 rings (SSSR count). The van der Waals surface area contributed by atoms with Crippen LogP contribution in [0.4, 0.5) is 5.69 Å². The van der Waals surface area contributed by atoms with E-state index in [0.29, 0.717) is 12.3 Å². The fraction of sp³-hybridized carbons (Fsp3) is 0.222. The largest absolute Gasteiger partial charge is 0.469 e. The smallest absolute Gasteiger partial charge is 0.313 e. The highest BCUT2D eigenvalue weighted by Gasteiger charge is 2.21. The number of carbonyl (C=O) groups is 1. The molecule has 0 amide bonds. The molecule has 23 heavy (non-hydrogen) atoms.